The molecule has 1 aliphatic heterocycles. The maximum atomic E-state index is 13.2. The maximum Gasteiger partial charge on any atom is 0.326 e. The van der Waals surface area contributed by atoms with Crippen molar-refractivity contribution in [1.29, 1.82) is 0 Å². The van der Waals surface area contributed by atoms with Crippen LogP contribution in [0.3, 0.4) is 0 Å². The Morgan fingerprint density at radius 3 is 2.44 bits per heavy atom. The van der Waals surface area contributed by atoms with Gasteiger partial charge in [-0.25, -0.2) is 9.59 Å². The first-order chi connectivity index (χ1) is 19.6. The average molecular weight is 577 g/mol. The van der Waals surface area contributed by atoms with Gasteiger partial charge in [-0.2, -0.15) is 0 Å². The Labute approximate surface area is 238 Å². The molecule has 41 heavy (non-hydrogen) atoms. The number of fused-ring (bicyclic) bond motifs is 1. The monoisotopic (exact) mass is 576 g/mol. The predicted molar refractivity (Wildman–Crippen MR) is 146 cm³/mol. The molecule has 7 N–H and O–H groups in total. The van der Waals surface area contributed by atoms with Gasteiger partial charge < -0.3 is 41.3 Å². The lowest BCUT2D eigenvalue weighted by atomic mass is 9.84. The van der Waals surface area contributed by atoms with E-state index in [4.69, 9.17) is 10.5 Å². The Bertz CT molecular complexity index is 1130. The molecule has 1 aromatic rings. The van der Waals surface area contributed by atoms with Gasteiger partial charge in [0.25, 0.3) is 5.91 Å². The van der Waals surface area contributed by atoms with Crippen molar-refractivity contribution in [1.82, 2.24) is 15.5 Å². The molecule has 2 aliphatic rings. The molecule has 3 amide bonds. The van der Waals surface area contributed by atoms with Crippen LogP contribution in [0.1, 0.15) is 74.6 Å². The Morgan fingerprint density at radius 2 is 1.78 bits per heavy atom. The number of aliphatic carboxylic acids is 2. The zero-order valence-electron chi connectivity index (χ0n) is 23.2. The van der Waals surface area contributed by atoms with Crippen LogP contribution in [0, 0.1) is 5.92 Å². The molecule has 13 heteroatoms. The zero-order chi connectivity index (χ0) is 30.1. The van der Waals surface area contributed by atoms with E-state index in [1.807, 2.05) is 0 Å². The lowest BCUT2D eigenvalue weighted by molar-refractivity contribution is -0.150. The summed E-state index contributed by atoms with van der Waals surface area (Å²) in [6, 6.07) is 0.346. The van der Waals surface area contributed by atoms with E-state index in [1.165, 1.54) is 30.2 Å². The summed E-state index contributed by atoms with van der Waals surface area (Å²) in [5, 5.41) is 34.6. The van der Waals surface area contributed by atoms with Crippen LogP contribution < -0.4 is 21.1 Å². The van der Waals surface area contributed by atoms with Crippen LogP contribution in [0.15, 0.2) is 18.2 Å². The van der Waals surface area contributed by atoms with Gasteiger partial charge in [0, 0.05) is 12.5 Å². The van der Waals surface area contributed by atoms with Gasteiger partial charge in [0.15, 0.2) is 0 Å². The molecule has 1 heterocycles. The summed E-state index contributed by atoms with van der Waals surface area (Å²) < 4.78 is 5.09. The number of nitrogens with two attached hydrogens (primary N) is 1. The topological polar surface area (TPSA) is 209 Å². The molecule has 13 nitrogen and oxygen atoms in total. The number of likely N-dealkylation sites (tertiary alicyclic amines) is 1. The summed E-state index contributed by atoms with van der Waals surface area (Å²) in [4.78, 5) is 64.6. The number of rotatable bonds is 14. The standard InChI is InChI=1S/C28H40N4O9/c1-41-17-9-11-23(33)18(15-17)25(35)30-19(7-4-5-13-29)26(36)31-20(27(37)38)10-12-24(34)32-21-8-3-2-6-16(21)14-22(32)28(39)40/h9,11,15-16,19-22,33H,2-8,10,12-14,29H2,1H3,(H,30,35)(H,31,36)(H,37,38)(H,39,40)/t16-,19-,20+,21-,22-/m0/s1. The summed E-state index contributed by atoms with van der Waals surface area (Å²) in [5.41, 5.74) is 5.44. The molecule has 0 unspecified atom stereocenters. The third kappa shape index (κ3) is 8.09. The molecule has 0 aromatic heterocycles. The largest absolute Gasteiger partial charge is 0.507 e. The van der Waals surface area contributed by atoms with Crippen LogP contribution in [0.25, 0.3) is 0 Å². The van der Waals surface area contributed by atoms with E-state index in [9.17, 15) is 39.3 Å². The van der Waals surface area contributed by atoms with Gasteiger partial charge in [-0.05, 0) is 75.6 Å². The van der Waals surface area contributed by atoms with Crippen molar-refractivity contribution in [2.45, 2.75) is 88.4 Å². The molecule has 1 aliphatic carbocycles. The number of carboxylic acid groups (broad SMARTS) is 2. The molecule has 3 rings (SSSR count). The van der Waals surface area contributed by atoms with Crippen molar-refractivity contribution in [3.63, 3.8) is 0 Å². The van der Waals surface area contributed by atoms with E-state index in [2.05, 4.69) is 10.6 Å². The molecule has 5 atom stereocenters. The van der Waals surface area contributed by atoms with Crippen molar-refractivity contribution < 1.29 is 44.0 Å². The van der Waals surface area contributed by atoms with E-state index in [-0.39, 0.29) is 42.5 Å². The minimum absolute atomic E-state index is 0.116. The highest BCUT2D eigenvalue weighted by atomic mass is 16.5. The number of nitrogens with zero attached hydrogens (tertiary/aromatic N) is 1. The number of nitrogens with one attached hydrogen (secondary N) is 2. The number of methoxy groups -OCH3 is 1. The number of benzene rings is 1. The highest BCUT2D eigenvalue weighted by Crippen LogP contribution is 2.40. The highest BCUT2D eigenvalue weighted by Gasteiger charge is 2.47. The second-order valence-corrected chi connectivity index (χ2v) is 10.6. The summed E-state index contributed by atoms with van der Waals surface area (Å²) in [5.74, 6) is -4.31. The first-order valence-corrected chi connectivity index (χ1v) is 14.0. The van der Waals surface area contributed by atoms with Crippen LogP contribution >= 0.6 is 0 Å². The van der Waals surface area contributed by atoms with Crippen molar-refractivity contribution in [3.05, 3.63) is 23.8 Å². The number of aromatic hydroxyl groups is 1. The third-order valence-corrected chi connectivity index (χ3v) is 7.94. The SMILES string of the molecule is COc1ccc(O)c(C(=O)N[C@@H](CCCCN)C(=O)N[C@H](CCC(=O)N2[C@H](C(=O)O)C[C@@H]3CCCC[C@@H]32)C(=O)O)c1. The molecule has 2 fully saturated rings. The van der Waals surface area contributed by atoms with Crippen molar-refractivity contribution in [2.75, 3.05) is 13.7 Å². The number of carbonyl (C=O) groups excluding carboxylic acids is 3. The van der Waals surface area contributed by atoms with Gasteiger partial charge >= 0.3 is 11.9 Å². The number of ether oxygens (including phenoxy) is 1. The molecular weight excluding hydrogens is 536 g/mol. The van der Waals surface area contributed by atoms with E-state index < -0.39 is 47.8 Å². The van der Waals surface area contributed by atoms with Crippen LogP contribution in [0.2, 0.25) is 0 Å². The molecule has 1 saturated heterocycles. The van der Waals surface area contributed by atoms with Gasteiger partial charge in [0.05, 0.1) is 12.7 Å². The van der Waals surface area contributed by atoms with Gasteiger partial charge in [0.2, 0.25) is 11.8 Å². The van der Waals surface area contributed by atoms with E-state index in [0.29, 0.717) is 38.0 Å². The zero-order valence-corrected chi connectivity index (χ0v) is 23.2. The molecule has 226 valence electrons. The molecule has 1 saturated carbocycles. The van der Waals surface area contributed by atoms with Crippen LogP contribution in [0.5, 0.6) is 11.5 Å². The van der Waals surface area contributed by atoms with Gasteiger partial charge in [-0.15, -0.1) is 0 Å². The maximum absolute atomic E-state index is 13.2. The fourth-order valence-electron chi connectivity index (χ4n) is 5.79. The van der Waals surface area contributed by atoms with Gasteiger partial charge in [-0.3, -0.25) is 14.4 Å². The second kappa shape index (κ2) is 14.7. The normalized spacial score (nSPS) is 21.3. The number of carboxylic acids is 2. The Balaban J connectivity index is 1.68. The van der Waals surface area contributed by atoms with Crippen LogP contribution in [0.4, 0.5) is 0 Å². The third-order valence-electron chi connectivity index (χ3n) is 7.94. The first-order valence-electron chi connectivity index (χ1n) is 14.0. The lowest BCUT2D eigenvalue weighted by Gasteiger charge is -2.33. The highest BCUT2D eigenvalue weighted by molar-refractivity contribution is 6.00. The summed E-state index contributed by atoms with van der Waals surface area (Å²) >= 11 is 0. The summed E-state index contributed by atoms with van der Waals surface area (Å²) in [7, 11) is 1.40. The molecule has 0 bridgehead atoms. The number of amides is 3. The fraction of sp³-hybridized carbons (Fsp3) is 0.607. The lowest BCUT2D eigenvalue weighted by Crippen LogP contribution is -2.52. The molecule has 0 spiro atoms. The van der Waals surface area contributed by atoms with Crippen molar-refractivity contribution >= 4 is 29.7 Å². The molecule has 1 aromatic carbocycles. The number of hydrogen-bond acceptors (Lipinski definition) is 8. The number of phenolic OH excluding ortho intramolecular Hbond substituents is 1. The number of unbranched alkanes of at least 4 members (excludes halogenated alkanes) is 1. The van der Waals surface area contributed by atoms with Crippen LogP contribution in [-0.4, -0.2) is 87.7 Å². The van der Waals surface area contributed by atoms with Crippen molar-refractivity contribution in [3.8, 4) is 11.5 Å². The second-order valence-electron chi connectivity index (χ2n) is 10.6. The average Bonchev–Trinajstić information content (AvgIpc) is 3.35. The Kier molecular flexibility index (Phi) is 11.3. The van der Waals surface area contributed by atoms with Gasteiger partial charge in [-0.1, -0.05) is 12.8 Å². The number of hydrogen-bond donors (Lipinski definition) is 6. The fourth-order valence-corrected chi connectivity index (χ4v) is 5.79. The Hall–Kier alpha value is -3.87. The minimum atomic E-state index is -1.45. The minimum Gasteiger partial charge on any atom is -0.507 e. The van der Waals surface area contributed by atoms with E-state index in [0.717, 1.165) is 19.3 Å². The van der Waals surface area contributed by atoms with Crippen molar-refractivity contribution in [2.24, 2.45) is 11.7 Å². The van der Waals surface area contributed by atoms with E-state index in [1.54, 1.807) is 0 Å². The van der Waals surface area contributed by atoms with E-state index >= 15 is 0 Å². The summed E-state index contributed by atoms with van der Waals surface area (Å²) in [6.45, 7) is 0.356. The molecular formula is C28H40N4O9. The quantitative estimate of drug-likeness (QED) is 0.174. The first kappa shape index (κ1) is 31.7. The van der Waals surface area contributed by atoms with Crippen LogP contribution in [-0.2, 0) is 19.2 Å². The predicted octanol–water partition coefficient (Wildman–Crippen LogP) is 1.22. The summed E-state index contributed by atoms with van der Waals surface area (Å²) in [6.07, 6.45) is 4.52. The van der Waals surface area contributed by atoms with Gasteiger partial charge in [0.1, 0.15) is 29.6 Å². The smallest absolute Gasteiger partial charge is 0.326 e. The number of phenols is 1. The number of carbonyl (C=O) groups is 5. The molecule has 0 radical (unpaired) electrons. The Morgan fingerprint density at radius 1 is 1.05 bits per heavy atom.